The van der Waals surface area contributed by atoms with E-state index >= 15 is 0 Å². The van der Waals surface area contributed by atoms with Crippen LogP contribution in [0.15, 0.2) is 18.2 Å². The van der Waals surface area contributed by atoms with E-state index in [4.69, 9.17) is 9.84 Å². The van der Waals surface area contributed by atoms with Crippen LogP contribution in [0.25, 0.3) is 0 Å². The first kappa shape index (κ1) is 15.9. The van der Waals surface area contributed by atoms with Crippen molar-refractivity contribution in [3.8, 4) is 0 Å². The molecule has 1 aromatic carbocycles. The number of aryl methyl sites for hydroxylation is 2. The molecule has 1 fully saturated rings. The summed E-state index contributed by atoms with van der Waals surface area (Å²) in [6.07, 6.45) is -0.645. The van der Waals surface area contributed by atoms with E-state index in [1.54, 1.807) is 0 Å². The molecule has 1 heterocycles. The molecule has 0 radical (unpaired) electrons. The number of amides is 1. The van der Waals surface area contributed by atoms with Crippen LogP contribution in [0, 0.1) is 13.8 Å². The van der Waals surface area contributed by atoms with Crippen LogP contribution < -0.4 is 5.32 Å². The molecule has 0 aromatic heterocycles. The number of hydrogen-bond acceptors (Lipinski definition) is 4. The van der Waals surface area contributed by atoms with Crippen molar-refractivity contribution in [1.29, 1.82) is 0 Å². The van der Waals surface area contributed by atoms with Crippen molar-refractivity contribution < 1.29 is 19.7 Å². The van der Waals surface area contributed by atoms with Gasteiger partial charge in [0.05, 0.1) is 19.1 Å². The summed E-state index contributed by atoms with van der Waals surface area (Å²) in [5.74, 6) is -0.119. The predicted molar refractivity (Wildman–Crippen MR) is 79.0 cm³/mol. The number of aliphatic hydroxyl groups excluding tert-OH is 2. The number of ether oxygens (including phenoxy) is 1. The smallest absolute Gasteiger partial charge is 0.224 e. The highest BCUT2D eigenvalue weighted by molar-refractivity contribution is 5.79. The fraction of sp³-hybridized carbons (Fsp3) is 0.562. The van der Waals surface area contributed by atoms with Crippen molar-refractivity contribution in [2.45, 2.75) is 44.9 Å². The van der Waals surface area contributed by atoms with Crippen molar-refractivity contribution in [2.75, 3.05) is 13.2 Å². The van der Waals surface area contributed by atoms with Crippen molar-refractivity contribution in [1.82, 2.24) is 5.32 Å². The Morgan fingerprint density at radius 1 is 1.43 bits per heavy atom. The summed E-state index contributed by atoms with van der Waals surface area (Å²) in [5, 5.41) is 22.0. The van der Waals surface area contributed by atoms with Crippen LogP contribution >= 0.6 is 0 Å². The Hall–Kier alpha value is -1.43. The molecule has 5 heteroatoms. The maximum atomic E-state index is 12.2. The molecule has 1 saturated heterocycles. The maximum Gasteiger partial charge on any atom is 0.224 e. The Morgan fingerprint density at radius 2 is 2.19 bits per heavy atom. The number of carbonyl (C=O) groups excluding carboxylic acids is 1. The summed E-state index contributed by atoms with van der Waals surface area (Å²) in [6, 6.07) is 5.66. The number of benzene rings is 1. The predicted octanol–water partition coefficient (Wildman–Crippen LogP) is 0.473. The molecule has 1 aromatic rings. The quantitative estimate of drug-likeness (QED) is 0.754. The van der Waals surface area contributed by atoms with Crippen molar-refractivity contribution in [3.05, 3.63) is 34.9 Å². The first-order valence-corrected chi connectivity index (χ1v) is 7.27. The standard InChI is InChI=1S/C16H23NO4/c1-10-3-4-11(2)12(7-10)8-15(19)17-13-5-6-21-14(9-18)16(13)20/h3-4,7,13-14,16,18,20H,5-6,8-9H2,1-2H3,(H,17,19)/t13-,14+,16-/m0/s1. The molecule has 2 rings (SSSR count). The molecule has 5 nitrogen and oxygen atoms in total. The monoisotopic (exact) mass is 293 g/mol. The lowest BCUT2D eigenvalue weighted by Gasteiger charge is -2.34. The molecule has 3 atom stereocenters. The van der Waals surface area contributed by atoms with Gasteiger partial charge in [-0.05, 0) is 31.4 Å². The summed E-state index contributed by atoms with van der Waals surface area (Å²) >= 11 is 0. The zero-order valence-corrected chi connectivity index (χ0v) is 12.5. The molecule has 1 aliphatic rings. The largest absolute Gasteiger partial charge is 0.394 e. The van der Waals surface area contributed by atoms with Gasteiger partial charge in [0.15, 0.2) is 0 Å². The number of aliphatic hydroxyl groups is 2. The lowest BCUT2D eigenvalue weighted by Crippen LogP contribution is -2.54. The molecular weight excluding hydrogens is 270 g/mol. The summed E-state index contributed by atoms with van der Waals surface area (Å²) in [5.41, 5.74) is 3.19. The Morgan fingerprint density at radius 3 is 2.90 bits per heavy atom. The summed E-state index contributed by atoms with van der Waals surface area (Å²) in [6.45, 7) is 4.16. The van der Waals surface area contributed by atoms with Crippen LogP contribution in [-0.2, 0) is 16.0 Å². The lowest BCUT2D eigenvalue weighted by atomic mass is 9.98. The molecule has 0 spiro atoms. The van der Waals surface area contributed by atoms with E-state index in [0.29, 0.717) is 19.4 Å². The Balaban J connectivity index is 1.96. The van der Waals surface area contributed by atoms with E-state index < -0.39 is 12.2 Å². The SMILES string of the molecule is Cc1ccc(C)c(CC(=O)N[C@H]2CCO[C@H](CO)[C@H]2O)c1. The van der Waals surface area contributed by atoms with Gasteiger partial charge in [0.25, 0.3) is 0 Å². The van der Waals surface area contributed by atoms with E-state index in [0.717, 1.165) is 16.7 Å². The van der Waals surface area contributed by atoms with Crippen LogP contribution in [0.4, 0.5) is 0 Å². The third-order valence-corrected chi connectivity index (χ3v) is 3.94. The molecule has 0 aliphatic carbocycles. The van der Waals surface area contributed by atoms with E-state index in [2.05, 4.69) is 5.32 Å². The van der Waals surface area contributed by atoms with Gasteiger partial charge in [0, 0.05) is 6.61 Å². The third-order valence-electron chi connectivity index (χ3n) is 3.94. The third kappa shape index (κ3) is 4.03. The number of nitrogens with one attached hydrogen (secondary N) is 1. The number of rotatable bonds is 4. The van der Waals surface area contributed by atoms with E-state index in [-0.39, 0.29) is 18.6 Å². The molecule has 0 unspecified atom stereocenters. The van der Waals surface area contributed by atoms with Gasteiger partial charge in [-0.15, -0.1) is 0 Å². The van der Waals surface area contributed by atoms with Crippen LogP contribution in [0.2, 0.25) is 0 Å². The highest BCUT2D eigenvalue weighted by Crippen LogP contribution is 2.16. The van der Waals surface area contributed by atoms with Crippen molar-refractivity contribution in [2.24, 2.45) is 0 Å². The second-order valence-electron chi connectivity index (χ2n) is 5.65. The first-order chi connectivity index (χ1) is 10.0. The molecule has 1 amide bonds. The fourth-order valence-electron chi connectivity index (χ4n) is 2.61. The molecule has 21 heavy (non-hydrogen) atoms. The molecule has 116 valence electrons. The van der Waals surface area contributed by atoms with Crippen molar-refractivity contribution in [3.63, 3.8) is 0 Å². The number of hydrogen-bond donors (Lipinski definition) is 3. The highest BCUT2D eigenvalue weighted by Gasteiger charge is 2.33. The van der Waals surface area contributed by atoms with Crippen LogP contribution in [-0.4, -0.2) is 47.6 Å². The van der Waals surface area contributed by atoms with Gasteiger partial charge in [-0.3, -0.25) is 4.79 Å². The average molecular weight is 293 g/mol. The molecular formula is C16H23NO4. The lowest BCUT2D eigenvalue weighted by molar-refractivity contribution is -0.131. The van der Waals surface area contributed by atoms with Gasteiger partial charge in [-0.25, -0.2) is 0 Å². The van der Waals surface area contributed by atoms with Crippen molar-refractivity contribution >= 4 is 5.91 Å². The van der Waals surface area contributed by atoms with Crippen LogP contribution in [0.1, 0.15) is 23.1 Å². The summed E-state index contributed by atoms with van der Waals surface area (Å²) in [7, 11) is 0. The minimum atomic E-state index is -0.869. The molecule has 1 aliphatic heterocycles. The molecule has 3 N–H and O–H groups in total. The summed E-state index contributed by atoms with van der Waals surface area (Å²) in [4.78, 5) is 12.2. The zero-order valence-electron chi connectivity index (χ0n) is 12.5. The minimum absolute atomic E-state index is 0.119. The second kappa shape index (κ2) is 7.02. The van der Waals surface area contributed by atoms with Gasteiger partial charge in [-0.2, -0.15) is 0 Å². The fourth-order valence-corrected chi connectivity index (χ4v) is 2.61. The Bertz CT molecular complexity index is 503. The molecule has 0 bridgehead atoms. The second-order valence-corrected chi connectivity index (χ2v) is 5.65. The van der Waals surface area contributed by atoms with Gasteiger partial charge < -0.3 is 20.3 Å². The zero-order chi connectivity index (χ0) is 15.4. The van der Waals surface area contributed by atoms with Gasteiger partial charge in [0.1, 0.15) is 12.2 Å². The van der Waals surface area contributed by atoms with E-state index in [1.807, 2.05) is 32.0 Å². The van der Waals surface area contributed by atoms with E-state index in [9.17, 15) is 9.90 Å². The normalized spacial score (nSPS) is 25.6. The maximum absolute atomic E-state index is 12.2. The van der Waals surface area contributed by atoms with Crippen LogP contribution in [0.3, 0.4) is 0 Å². The summed E-state index contributed by atoms with van der Waals surface area (Å²) < 4.78 is 5.25. The van der Waals surface area contributed by atoms with Crippen LogP contribution in [0.5, 0.6) is 0 Å². The van der Waals surface area contributed by atoms with Gasteiger partial charge >= 0.3 is 0 Å². The highest BCUT2D eigenvalue weighted by atomic mass is 16.5. The topological polar surface area (TPSA) is 78.8 Å². The minimum Gasteiger partial charge on any atom is -0.394 e. The van der Waals surface area contributed by atoms with Gasteiger partial charge in [0.2, 0.25) is 5.91 Å². The Labute approximate surface area is 124 Å². The average Bonchev–Trinajstić information content (AvgIpc) is 2.45. The van der Waals surface area contributed by atoms with Gasteiger partial charge in [-0.1, -0.05) is 23.8 Å². The Kier molecular flexibility index (Phi) is 5.33. The number of carbonyl (C=O) groups is 1. The first-order valence-electron chi connectivity index (χ1n) is 7.27. The molecule has 0 saturated carbocycles. The van der Waals surface area contributed by atoms with E-state index in [1.165, 1.54) is 0 Å².